The molecule has 0 bridgehead atoms. The molecule has 7 heteroatoms. The molecule has 1 amide bonds. The van der Waals surface area contributed by atoms with Crippen LogP contribution in [-0.2, 0) is 6.54 Å². The van der Waals surface area contributed by atoms with Crippen LogP contribution in [0.25, 0.3) is 0 Å². The number of hydrogen-bond acceptors (Lipinski definition) is 4. The van der Waals surface area contributed by atoms with E-state index in [2.05, 4.69) is 24.3 Å². The fourth-order valence-electron chi connectivity index (χ4n) is 2.32. The Hall–Kier alpha value is -2.83. The highest BCUT2D eigenvalue weighted by molar-refractivity contribution is 6.06. The minimum atomic E-state index is -1.06. The average Bonchev–Trinajstić information content (AvgIpc) is 2.87. The van der Waals surface area contributed by atoms with Gasteiger partial charge >= 0.3 is 5.97 Å². The molecule has 0 unspecified atom stereocenters. The molecule has 0 aliphatic carbocycles. The molecule has 1 aromatic heterocycles. The van der Waals surface area contributed by atoms with Gasteiger partial charge < -0.3 is 15.2 Å². The number of hydrogen-bond donors (Lipinski definition) is 2. The van der Waals surface area contributed by atoms with Crippen LogP contribution in [0.15, 0.2) is 24.4 Å². The highest BCUT2D eigenvalue weighted by atomic mass is 16.5. The molecule has 0 aliphatic heterocycles. The number of carbonyl (C=O) groups is 2. The maximum atomic E-state index is 12.5. The van der Waals surface area contributed by atoms with Crippen LogP contribution in [0.5, 0.6) is 5.75 Å². The van der Waals surface area contributed by atoms with Crippen molar-refractivity contribution in [1.29, 1.82) is 0 Å². The molecule has 0 atom stereocenters. The lowest BCUT2D eigenvalue weighted by atomic mass is 10.1. The van der Waals surface area contributed by atoms with Crippen LogP contribution >= 0.6 is 0 Å². The highest BCUT2D eigenvalue weighted by Crippen LogP contribution is 2.26. The lowest BCUT2D eigenvalue weighted by Gasteiger charge is -2.11. The number of aromatic carboxylic acids is 1. The molecule has 1 heterocycles. The predicted octanol–water partition coefficient (Wildman–Crippen LogP) is 2.81. The van der Waals surface area contributed by atoms with Crippen LogP contribution in [0.1, 0.15) is 40.3 Å². The minimum absolute atomic E-state index is 0.0887. The number of anilines is 1. The van der Waals surface area contributed by atoms with E-state index in [1.807, 2.05) is 6.92 Å². The second-order valence-electron chi connectivity index (χ2n) is 5.89. The largest absolute Gasteiger partial charge is 0.495 e. The van der Waals surface area contributed by atoms with Crippen LogP contribution in [0, 0.1) is 12.8 Å². The van der Waals surface area contributed by atoms with Gasteiger partial charge in [0.05, 0.1) is 30.1 Å². The monoisotopic (exact) mass is 331 g/mol. The highest BCUT2D eigenvalue weighted by Gasteiger charge is 2.17. The first-order valence-corrected chi connectivity index (χ1v) is 7.58. The van der Waals surface area contributed by atoms with Gasteiger partial charge in [-0.25, -0.2) is 4.79 Å². The first-order valence-electron chi connectivity index (χ1n) is 7.58. The number of amides is 1. The molecule has 128 valence electrons. The third kappa shape index (κ3) is 3.73. The van der Waals surface area contributed by atoms with Gasteiger partial charge in [-0.15, -0.1) is 0 Å². The Morgan fingerprint density at radius 3 is 2.67 bits per heavy atom. The van der Waals surface area contributed by atoms with Crippen molar-refractivity contribution in [2.24, 2.45) is 5.92 Å². The van der Waals surface area contributed by atoms with Crippen molar-refractivity contribution in [2.75, 3.05) is 12.4 Å². The second-order valence-corrected chi connectivity index (χ2v) is 5.89. The third-order valence-electron chi connectivity index (χ3n) is 3.58. The van der Waals surface area contributed by atoms with Gasteiger partial charge in [-0.1, -0.05) is 13.8 Å². The van der Waals surface area contributed by atoms with Crippen LogP contribution < -0.4 is 10.1 Å². The Kier molecular flexibility index (Phi) is 5.23. The van der Waals surface area contributed by atoms with E-state index in [1.54, 1.807) is 4.68 Å². The molecular formula is C17H21N3O4. The van der Waals surface area contributed by atoms with E-state index in [4.69, 9.17) is 9.84 Å². The molecule has 2 rings (SSSR count). The summed E-state index contributed by atoms with van der Waals surface area (Å²) in [6.07, 6.45) is 1.53. The Balaban J connectivity index is 2.24. The van der Waals surface area contributed by atoms with Gasteiger partial charge in [0.25, 0.3) is 5.91 Å². The van der Waals surface area contributed by atoms with Gasteiger partial charge in [0.15, 0.2) is 0 Å². The first-order chi connectivity index (χ1) is 11.3. The third-order valence-corrected chi connectivity index (χ3v) is 3.58. The number of nitrogens with one attached hydrogen (secondary N) is 1. The maximum absolute atomic E-state index is 12.5. The zero-order valence-electron chi connectivity index (χ0n) is 14.2. The standard InChI is InChI=1S/C17H21N3O4/c1-10(2)9-20-11(3)13(8-18-20)16(21)19-14-6-5-12(17(22)23)7-15(14)24-4/h5-8,10H,9H2,1-4H3,(H,19,21)(H,22,23). The molecule has 24 heavy (non-hydrogen) atoms. The Morgan fingerprint density at radius 2 is 2.08 bits per heavy atom. The van der Waals surface area contributed by atoms with E-state index in [-0.39, 0.29) is 17.2 Å². The number of methoxy groups -OCH3 is 1. The summed E-state index contributed by atoms with van der Waals surface area (Å²) in [5.41, 5.74) is 1.75. The fourth-order valence-corrected chi connectivity index (χ4v) is 2.32. The van der Waals surface area contributed by atoms with Crippen molar-refractivity contribution in [3.05, 3.63) is 41.2 Å². The van der Waals surface area contributed by atoms with E-state index in [1.165, 1.54) is 31.5 Å². The van der Waals surface area contributed by atoms with Crippen LogP contribution in [-0.4, -0.2) is 33.9 Å². The molecule has 0 radical (unpaired) electrons. The van der Waals surface area contributed by atoms with Gasteiger partial charge in [0.2, 0.25) is 0 Å². The summed E-state index contributed by atoms with van der Waals surface area (Å²) in [5, 5.41) is 16.0. The van der Waals surface area contributed by atoms with E-state index in [0.717, 1.165) is 12.2 Å². The number of nitrogens with zero attached hydrogens (tertiary/aromatic N) is 2. The second kappa shape index (κ2) is 7.16. The zero-order valence-corrected chi connectivity index (χ0v) is 14.2. The van der Waals surface area contributed by atoms with E-state index in [9.17, 15) is 9.59 Å². The fraction of sp³-hybridized carbons (Fsp3) is 0.353. The summed E-state index contributed by atoms with van der Waals surface area (Å²) in [7, 11) is 1.42. The molecule has 0 fully saturated rings. The SMILES string of the molecule is COc1cc(C(=O)O)ccc1NC(=O)c1cnn(CC(C)C)c1C. The molecule has 0 aliphatic rings. The van der Waals surface area contributed by atoms with Gasteiger partial charge in [-0.3, -0.25) is 9.48 Å². The van der Waals surface area contributed by atoms with Gasteiger partial charge in [0.1, 0.15) is 5.75 Å². The summed E-state index contributed by atoms with van der Waals surface area (Å²) < 4.78 is 6.96. The zero-order chi connectivity index (χ0) is 17.9. The summed E-state index contributed by atoms with van der Waals surface area (Å²) in [4.78, 5) is 23.5. The van der Waals surface area contributed by atoms with Gasteiger partial charge in [-0.2, -0.15) is 5.10 Å². The maximum Gasteiger partial charge on any atom is 0.335 e. The smallest absolute Gasteiger partial charge is 0.335 e. The molecule has 0 saturated heterocycles. The Bertz CT molecular complexity index is 765. The summed E-state index contributed by atoms with van der Waals surface area (Å²) in [6, 6.07) is 4.29. The lowest BCUT2D eigenvalue weighted by Crippen LogP contribution is -2.15. The number of aromatic nitrogens is 2. The van der Waals surface area contributed by atoms with Crippen LogP contribution in [0.2, 0.25) is 0 Å². The number of ether oxygens (including phenoxy) is 1. The van der Waals surface area contributed by atoms with Crippen molar-refractivity contribution in [3.8, 4) is 5.75 Å². The first kappa shape index (κ1) is 17.5. The lowest BCUT2D eigenvalue weighted by molar-refractivity contribution is 0.0696. The molecule has 0 saturated carbocycles. The van der Waals surface area contributed by atoms with Gasteiger partial charge in [-0.05, 0) is 31.0 Å². The van der Waals surface area contributed by atoms with Crippen molar-refractivity contribution in [3.63, 3.8) is 0 Å². The number of carbonyl (C=O) groups excluding carboxylic acids is 1. The molecule has 2 aromatic rings. The summed E-state index contributed by atoms with van der Waals surface area (Å²) in [6.45, 7) is 6.73. The molecular weight excluding hydrogens is 310 g/mol. The number of rotatable bonds is 6. The minimum Gasteiger partial charge on any atom is -0.495 e. The van der Waals surface area contributed by atoms with Crippen molar-refractivity contribution >= 4 is 17.6 Å². The van der Waals surface area contributed by atoms with E-state index in [0.29, 0.717) is 17.2 Å². The Morgan fingerprint density at radius 1 is 1.38 bits per heavy atom. The molecule has 7 nitrogen and oxygen atoms in total. The molecule has 2 N–H and O–H groups in total. The summed E-state index contributed by atoms with van der Waals surface area (Å²) in [5.74, 6) is -0.667. The summed E-state index contributed by atoms with van der Waals surface area (Å²) >= 11 is 0. The van der Waals surface area contributed by atoms with Crippen LogP contribution in [0.4, 0.5) is 5.69 Å². The molecule has 0 spiro atoms. The average molecular weight is 331 g/mol. The number of carboxylic acids is 1. The van der Waals surface area contributed by atoms with E-state index < -0.39 is 5.97 Å². The Labute approximate surface area is 140 Å². The van der Waals surface area contributed by atoms with Crippen LogP contribution in [0.3, 0.4) is 0 Å². The predicted molar refractivity (Wildman–Crippen MR) is 89.7 cm³/mol. The molecule has 1 aromatic carbocycles. The number of carboxylic acid groups (broad SMARTS) is 1. The van der Waals surface area contributed by atoms with Crippen molar-refractivity contribution < 1.29 is 19.4 Å². The van der Waals surface area contributed by atoms with E-state index >= 15 is 0 Å². The van der Waals surface area contributed by atoms with Crippen molar-refractivity contribution in [1.82, 2.24) is 9.78 Å². The van der Waals surface area contributed by atoms with Crippen molar-refractivity contribution in [2.45, 2.75) is 27.3 Å². The topological polar surface area (TPSA) is 93.4 Å². The number of benzene rings is 1. The van der Waals surface area contributed by atoms with Gasteiger partial charge in [0, 0.05) is 12.2 Å². The quantitative estimate of drug-likeness (QED) is 0.849. The normalized spacial score (nSPS) is 10.7.